The van der Waals surface area contributed by atoms with Crippen LogP contribution in [0.1, 0.15) is 41.9 Å². The first kappa shape index (κ1) is 31.1. The zero-order valence-electron chi connectivity index (χ0n) is 25.6. The second-order valence-electron chi connectivity index (χ2n) is 11.1. The van der Waals surface area contributed by atoms with Gasteiger partial charge in [0.1, 0.15) is 23.9 Å². The van der Waals surface area contributed by atoms with E-state index in [4.69, 9.17) is 28.4 Å². The smallest absolute Gasteiger partial charge is 0.142 e. The summed E-state index contributed by atoms with van der Waals surface area (Å²) in [5.41, 5.74) is 4.67. The summed E-state index contributed by atoms with van der Waals surface area (Å²) in [7, 11) is 3.43. The molecule has 2 heterocycles. The summed E-state index contributed by atoms with van der Waals surface area (Å²) in [4.78, 5) is 2.39. The van der Waals surface area contributed by atoms with E-state index in [1.54, 1.807) is 14.2 Å². The Balaban J connectivity index is 1.08. The number of methoxy groups -OCH3 is 2. The summed E-state index contributed by atoms with van der Waals surface area (Å²) in [6, 6.07) is 22.9. The molecule has 1 saturated heterocycles. The number of nitrogens with zero attached hydrogens (tertiary/aromatic N) is 1. The molecule has 0 radical (unpaired) electrons. The highest BCUT2D eigenvalue weighted by Crippen LogP contribution is 2.34. The molecule has 5 rings (SSSR count). The topological polar surface area (TPSA) is 70.7 Å². The van der Waals surface area contributed by atoms with E-state index < -0.39 is 0 Å². The van der Waals surface area contributed by atoms with Crippen LogP contribution in [-0.2, 0) is 27.4 Å². The van der Waals surface area contributed by atoms with Gasteiger partial charge in [0.05, 0.1) is 51.9 Å². The van der Waals surface area contributed by atoms with E-state index in [0.717, 1.165) is 80.5 Å². The second-order valence-corrected chi connectivity index (χ2v) is 11.1. The van der Waals surface area contributed by atoms with Gasteiger partial charge in [0.15, 0.2) is 0 Å². The molecule has 2 unspecified atom stereocenters. The van der Waals surface area contributed by atoms with E-state index in [0.29, 0.717) is 39.0 Å². The molecule has 1 N–H and O–H groups in total. The summed E-state index contributed by atoms with van der Waals surface area (Å²) in [6.45, 7) is 7.52. The fourth-order valence-corrected chi connectivity index (χ4v) is 5.80. The first-order valence-corrected chi connectivity index (χ1v) is 15.5. The molecule has 0 aliphatic carbocycles. The number of hydrogen-bond acceptors (Lipinski definition) is 8. The highest BCUT2D eigenvalue weighted by atomic mass is 16.5. The van der Waals surface area contributed by atoms with E-state index in [2.05, 4.69) is 52.7 Å². The van der Waals surface area contributed by atoms with Crippen molar-refractivity contribution in [3.8, 4) is 17.2 Å². The number of ether oxygens (including phenoxy) is 6. The van der Waals surface area contributed by atoms with Gasteiger partial charge in [-0.15, -0.1) is 0 Å². The summed E-state index contributed by atoms with van der Waals surface area (Å²) < 4.78 is 34.9. The van der Waals surface area contributed by atoms with Gasteiger partial charge in [-0.2, -0.15) is 0 Å². The van der Waals surface area contributed by atoms with Gasteiger partial charge < -0.3 is 38.6 Å². The van der Waals surface area contributed by atoms with Gasteiger partial charge in [-0.25, -0.2) is 0 Å². The Morgan fingerprint density at radius 1 is 0.930 bits per heavy atom. The lowest BCUT2D eigenvalue weighted by Crippen LogP contribution is -2.41. The molecule has 0 amide bonds. The normalized spacial score (nSPS) is 18.1. The largest absolute Gasteiger partial charge is 0.496 e. The van der Waals surface area contributed by atoms with Crippen molar-refractivity contribution in [1.29, 1.82) is 0 Å². The number of para-hydroxylation sites is 1. The van der Waals surface area contributed by atoms with Crippen LogP contribution in [0.4, 0.5) is 5.69 Å². The summed E-state index contributed by atoms with van der Waals surface area (Å²) in [5, 5.41) is 3.52. The predicted octanol–water partition coefficient (Wildman–Crippen LogP) is 5.58. The molecule has 3 aromatic rings. The average Bonchev–Trinajstić information content (AvgIpc) is 3.06. The third-order valence-electron chi connectivity index (χ3n) is 8.11. The summed E-state index contributed by atoms with van der Waals surface area (Å²) in [6.07, 6.45) is 2.96. The van der Waals surface area contributed by atoms with Crippen LogP contribution in [0, 0.1) is 0 Å². The third-order valence-corrected chi connectivity index (χ3v) is 8.11. The molecule has 2 atom stereocenters. The van der Waals surface area contributed by atoms with Gasteiger partial charge in [-0.1, -0.05) is 36.4 Å². The molecule has 232 valence electrons. The molecular formula is C35H46N2O6. The molecule has 0 spiro atoms. The SMILES string of the molecule is COCCCN1CCOc2ccc(COC3CNCCC3c3ccc(OCCCOCc4ccccc4OC)cc3)cc21. The number of rotatable bonds is 16. The molecule has 0 bridgehead atoms. The number of anilines is 1. The number of fused-ring (bicyclic) bond motifs is 1. The van der Waals surface area contributed by atoms with Crippen molar-refractivity contribution >= 4 is 5.69 Å². The number of benzene rings is 3. The molecule has 3 aromatic carbocycles. The summed E-state index contributed by atoms with van der Waals surface area (Å²) >= 11 is 0. The van der Waals surface area contributed by atoms with Crippen LogP contribution < -0.4 is 24.4 Å². The second kappa shape index (κ2) is 16.5. The quantitative estimate of drug-likeness (QED) is 0.217. The Hall–Kier alpha value is -3.30. The minimum atomic E-state index is 0.103. The Labute approximate surface area is 256 Å². The van der Waals surface area contributed by atoms with Gasteiger partial charge >= 0.3 is 0 Å². The van der Waals surface area contributed by atoms with Crippen molar-refractivity contribution in [2.24, 2.45) is 0 Å². The maximum absolute atomic E-state index is 6.55. The standard InChI is InChI=1S/C35H46N2O6/c1-38-19-5-17-37-18-22-42-34-14-9-27(23-32(34)37)25-43-35-24-36-16-15-31(35)28-10-12-30(13-11-28)41-21-6-20-40-26-29-7-3-4-8-33(29)39-2/h3-4,7-14,23,31,35-36H,5-6,15-22,24-26H2,1-2H3. The summed E-state index contributed by atoms with van der Waals surface area (Å²) in [5.74, 6) is 3.03. The number of nitrogens with one attached hydrogen (secondary N) is 1. The molecule has 1 fully saturated rings. The van der Waals surface area contributed by atoms with Crippen molar-refractivity contribution in [3.05, 3.63) is 83.4 Å². The van der Waals surface area contributed by atoms with Crippen molar-refractivity contribution in [1.82, 2.24) is 5.32 Å². The molecule has 2 aliphatic rings. The fourth-order valence-electron chi connectivity index (χ4n) is 5.80. The molecule has 8 heteroatoms. The van der Waals surface area contributed by atoms with Crippen molar-refractivity contribution in [2.75, 3.05) is 71.7 Å². The van der Waals surface area contributed by atoms with E-state index >= 15 is 0 Å². The zero-order chi connectivity index (χ0) is 29.7. The zero-order valence-corrected chi connectivity index (χ0v) is 25.6. The fraction of sp³-hybridized carbons (Fsp3) is 0.486. The van der Waals surface area contributed by atoms with Gasteiger partial charge in [0, 0.05) is 44.7 Å². The van der Waals surface area contributed by atoms with E-state index in [-0.39, 0.29) is 6.10 Å². The Morgan fingerprint density at radius 2 is 1.81 bits per heavy atom. The van der Waals surface area contributed by atoms with Crippen LogP contribution in [0.3, 0.4) is 0 Å². The minimum Gasteiger partial charge on any atom is -0.496 e. The van der Waals surface area contributed by atoms with Crippen molar-refractivity contribution in [3.63, 3.8) is 0 Å². The van der Waals surface area contributed by atoms with E-state index in [9.17, 15) is 0 Å². The lowest BCUT2D eigenvalue weighted by molar-refractivity contribution is 0.0106. The van der Waals surface area contributed by atoms with Crippen LogP contribution in [0.5, 0.6) is 17.2 Å². The maximum Gasteiger partial charge on any atom is 0.142 e. The van der Waals surface area contributed by atoms with Gasteiger partial charge in [0.25, 0.3) is 0 Å². The van der Waals surface area contributed by atoms with E-state index in [1.165, 1.54) is 11.1 Å². The Morgan fingerprint density at radius 3 is 2.67 bits per heavy atom. The van der Waals surface area contributed by atoms with Crippen molar-refractivity contribution in [2.45, 2.75) is 44.5 Å². The number of piperidine rings is 1. The highest BCUT2D eigenvalue weighted by molar-refractivity contribution is 5.61. The van der Waals surface area contributed by atoms with Crippen molar-refractivity contribution < 1.29 is 28.4 Å². The van der Waals surface area contributed by atoms with Crippen LogP contribution in [0.15, 0.2) is 66.7 Å². The third kappa shape index (κ3) is 8.86. The molecule has 2 aliphatic heterocycles. The Bertz CT molecular complexity index is 1250. The number of hydrogen-bond donors (Lipinski definition) is 1. The lowest BCUT2D eigenvalue weighted by atomic mass is 9.87. The monoisotopic (exact) mass is 590 g/mol. The lowest BCUT2D eigenvalue weighted by Gasteiger charge is -2.33. The highest BCUT2D eigenvalue weighted by Gasteiger charge is 2.27. The maximum atomic E-state index is 6.55. The molecule has 0 saturated carbocycles. The van der Waals surface area contributed by atoms with E-state index in [1.807, 2.05) is 24.3 Å². The molecule has 43 heavy (non-hydrogen) atoms. The first-order chi connectivity index (χ1) is 21.2. The van der Waals surface area contributed by atoms with Crippen LogP contribution in [0.25, 0.3) is 0 Å². The first-order valence-electron chi connectivity index (χ1n) is 15.5. The predicted molar refractivity (Wildman–Crippen MR) is 169 cm³/mol. The Kier molecular flexibility index (Phi) is 12.0. The molecular weight excluding hydrogens is 544 g/mol. The molecule has 8 nitrogen and oxygen atoms in total. The van der Waals surface area contributed by atoms with Gasteiger partial charge in [-0.3, -0.25) is 0 Å². The molecule has 0 aromatic heterocycles. The van der Waals surface area contributed by atoms with Crippen LogP contribution >= 0.6 is 0 Å². The van der Waals surface area contributed by atoms with Gasteiger partial charge in [-0.05, 0) is 60.8 Å². The average molecular weight is 591 g/mol. The van der Waals surface area contributed by atoms with Crippen LogP contribution in [-0.4, -0.2) is 72.9 Å². The minimum absolute atomic E-state index is 0.103. The van der Waals surface area contributed by atoms with Gasteiger partial charge in [0.2, 0.25) is 0 Å². The van der Waals surface area contributed by atoms with Crippen LogP contribution in [0.2, 0.25) is 0 Å².